The van der Waals surface area contributed by atoms with Gasteiger partial charge in [-0.05, 0) is 30.9 Å². The summed E-state index contributed by atoms with van der Waals surface area (Å²) in [4.78, 5) is 25.3. The first kappa shape index (κ1) is 15.8. The highest BCUT2D eigenvalue weighted by molar-refractivity contribution is 5.91. The summed E-state index contributed by atoms with van der Waals surface area (Å²) in [7, 11) is 0. The smallest absolute Gasteiger partial charge is 0.344 e. The molecule has 2 amide bonds. The number of halogens is 3. The second-order valence-electron chi connectivity index (χ2n) is 5.93. The van der Waals surface area contributed by atoms with Crippen molar-refractivity contribution < 1.29 is 22.8 Å². The quantitative estimate of drug-likeness (QED) is 0.908. The molecule has 7 heteroatoms. The third kappa shape index (κ3) is 3.04. The summed E-state index contributed by atoms with van der Waals surface area (Å²) < 4.78 is 39.7. The van der Waals surface area contributed by atoms with Crippen molar-refractivity contribution in [2.45, 2.75) is 43.9 Å². The number of benzene rings is 1. The van der Waals surface area contributed by atoms with Crippen molar-refractivity contribution in [1.29, 1.82) is 0 Å². The predicted molar refractivity (Wildman–Crippen MR) is 76.3 cm³/mol. The molecule has 0 aromatic heterocycles. The minimum atomic E-state index is -4.45. The highest BCUT2D eigenvalue weighted by Gasteiger charge is 2.41. The monoisotopic (exact) mass is 326 g/mol. The maximum Gasteiger partial charge on any atom is 0.416 e. The van der Waals surface area contributed by atoms with Crippen molar-refractivity contribution in [2.75, 3.05) is 6.54 Å². The zero-order valence-electron chi connectivity index (χ0n) is 12.4. The summed E-state index contributed by atoms with van der Waals surface area (Å²) in [6.45, 7) is 0.419. The lowest BCUT2D eigenvalue weighted by Crippen LogP contribution is -2.44. The van der Waals surface area contributed by atoms with E-state index in [-0.39, 0.29) is 23.8 Å². The Bertz CT molecular complexity index is 630. The van der Waals surface area contributed by atoms with Gasteiger partial charge in [-0.3, -0.25) is 9.59 Å². The second kappa shape index (κ2) is 5.86. The van der Waals surface area contributed by atoms with Gasteiger partial charge in [-0.2, -0.15) is 13.2 Å². The van der Waals surface area contributed by atoms with E-state index in [9.17, 15) is 22.8 Å². The van der Waals surface area contributed by atoms with Gasteiger partial charge in [0.05, 0.1) is 11.6 Å². The molecule has 1 aromatic carbocycles. The minimum Gasteiger partial charge on any atom is -0.344 e. The number of likely N-dealkylation sites (tertiary alicyclic amines) is 1. The SMILES string of the molecule is O=C1CC[C@@H](C(=O)N2CCC[C@@H]2c2ccccc2C(F)(F)F)N1. The normalized spacial score (nSPS) is 24.8. The number of hydrogen-bond acceptors (Lipinski definition) is 2. The van der Waals surface area contributed by atoms with Crippen molar-refractivity contribution in [3.8, 4) is 0 Å². The van der Waals surface area contributed by atoms with Crippen LogP contribution in [0.2, 0.25) is 0 Å². The number of hydrogen-bond donors (Lipinski definition) is 1. The lowest BCUT2D eigenvalue weighted by molar-refractivity contribution is -0.141. The average molecular weight is 326 g/mol. The molecule has 3 rings (SSSR count). The number of nitrogens with zero attached hydrogens (tertiary/aromatic N) is 1. The van der Waals surface area contributed by atoms with Crippen LogP contribution in [-0.2, 0) is 15.8 Å². The van der Waals surface area contributed by atoms with E-state index in [2.05, 4.69) is 5.32 Å². The van der Waals surface area contributed by atoms with Crippen LogP contribution in [0.25, 0.3) is 0 Å². The molecule has 23 heavy (non-hydrogen) atoms. The molecule has 0 unspecified atom stereocenters. The van der Waals surface area contributed by atoms with E-state index in [1.807, 2.05) is 0 Å². The first-order valence-electron chi connectivity index (χ1n) is 7.64. The minimum absolute atomic E-state index is 0.134. The highest BCUT2D eigenvalue weighted by atomic mass is 19.4. The average Bonchev–Trinajstić information content (AvgIpc) is 3.14. The third-order valence-electron chi connectivity index (χ3n) is 4.45. The van der Waals surface area contributed by atoms with Crippen LogP contribution >= 0.6 is 0 Å². The molecule has 2 atom stereocenters. The van der Waals surface area contributed by atoms with E-state index >= 15 is 0 Å². The summed E-state index contributed by atoms with van der Waals surface area (Å²) in [5.41, 5.74) is -0.560. The molecule has 0 saturated carbocycles. The van der Waals surface area contributed by atoms with Crippen LogP contribution < -0.4 is 5.32 Å². The summed E-state index contributed by atoms with van der Waals surface area (Å²) in [5, 5.41) is 2.60. The van der Waals surface area contributed by atoms with Gasteiger partial charge in [0.1, 0.15) is 6.04 Å². The van der Waals surface area contributed by atoms with Crippen LogP contribution in [0.1, 0.15) is 42.9 Å². The maximum atomic E-state index is 13.2. The first-order valence-corrected chi connectivity index (χ1v) is 7.64. The Hall–Kier alpha value is -2.05. The fraction of sp³-hybridized carbons (Fsp3) is 0.500. The molecule has 2 fully saturated rings. The van der Waals surface area contributed by atoms with Crippen LogP contribution in [0, 0.1) is 0 Å². The molecule has 4 nitrogen and oxygen atoms in total. The molecule has 0 spiro atoms. The Morgan fingerprint density at radius 1 is 1.22 bits per heavy atom. The molecule has 124 valence electrons. The molecule has 1 aromatic rings. The lowest BCUT2D eigenvalue weighted by Gasteiger charge is -2.29. The van der Waals surface area contributed by atoms with Gasteiger partial charge in [-0.15, -0.1) is 0 Å². The Morgan fingerprint density at radius 2 is 1.96 bits per heavy atom. The van der Waals surface area contributed by atoms with Crippen molar-refractivity contribution >= 4 is 11.8 Å². The van der Waals surface area contributed by atoms with Gasteiger partial charge in [0.25, 0.3) is 0 Å². The molecule has 1 N–H and O–H groups in total. The van der Waals surface area contributed by atoms with Crippen molar-refractivity contribution in [3.05, 3.63) is 35.4 Å². The van der Waals surface area contributed by atoms with E-state index in [1.54, 1.807) is 6.07 Å². The number of alkyl halides is 3. The molecule has 0 radical (unpaired) electrons. The Morgan fingerprint density at radius 3 is 2.61 bits per heavy atom. The Labute approximate surface area is 131 Å². The molecule has 2 aliphatic rings. The summed E-state index contributed by atoms with van der Waals surface area (Å²) in [6.07, 6.45) is -2.60. The highest BCUT2D eigenvalue weighted by Crippen LogP contribution is 2.40. The van der Waals surface area contributed by atoms with Crippen LogP contribution in [0.4, 0.5) is 13.2 Å². The maximum absolute atomic E-state index is 13.2. The third-order valence-corrected chi connectivity index (χ3v) is 4.45. The topological polar surface area (TPSA) is 49.4 Å². The van der Waals surface area contributed by atoms with Gasteiger partial charge in [-0.25, -0.2) is 0 Å². The number of carbonyl (C=O) groups is 2. The zero-order chi connectivity index (χ0) is 16.6. The van der Waals surface area contributed by atoms with Crippen molar-refractivity contribution in [3.63, 3.8) is 0 Å². The molecule has 0 bridgehead atoms. The second-order valence-corrected chi connectivity index (χ2v) is 5.93. The lowest BCUT2D eigenvalue weighted by atomic mass is 9.97. The van der Waals surface area contributed by atoms with Crippen molar-refractivity contribution in [2.24, 2.45) is 0 Å². The van der Waals surface area contributed by atoms with E-state index in [4.69, 9.17) is 0 Å². The molecule has 2 saturated heterocycles. The van der Waals surface area contributed by atoms with Gasteiger partial charge in [0.15, 0.2) is 0 Å². The van der Waals surface area contributed by atoms with Crippen LogP contribution in [-0.4, -0.2) is 29.3 Å². The van der Waals surface area contributed by atoms with Gasteiger partial charge >= 0.3 is 6.18 Å². The van der Waals surface area contributed by atoms with Gasteiger partial charge in [-0.1, -0.05) is 18.2 Å². The number of nitrogens with one attached hydrogen (secondary N) is 1. The molecular weight excluding hydrogens is 309 g/mol. The summed E-state index contributed by atoms with van der Waals surface area (Å²) in [5.74, 6) is -0.467. The zero-order valence-corrected chi connectivity index (χ0v) is 12.4. The number of amides is 2. The summed E-state index contributed by atoms with van der Waals surface area (Å²) >= 11 is 0. The Balaban J connectivity index is 1.88. The predicted octanol–water partition coefficient (Wildman–Crippen LogP) is 2.65. The molecular formula is C16H17F3N2O2. The standard InChI is InChI=1S/C16H17F3N2O2/c17-16(18,19)11-5-2-1-4-10(11)13-6-3-9-21(13)15(23)12-7-8-14(22)20-12/h1-2,4-5,12-13H,3,6-9H2,(H,20,22)/t12-,13+/m0/s1. The van der Waals surface area contributed by atoms with Crippen LogP contribution in [0.5, 0.6) is 0 Å². The number of carbonyl (C=O) groups excluding carboxylic acids is 2. The molecule has 2 aliphatic heterocycles. The van der Waals surface area contributed by atoms with E-state index in [0.29, 0.717) is 25.8 Å². The van der Waals surface area contributed by atoms with E-state index in [1.165, 1.54) is 17.0 Å². The fourth-order valence-electron chi connectivity index (χ4n) is 3.40. The van der Waals surface area contributed by atoms with Crippen LogP contribution in [0.15, 0.2) is 24.3 Å². The van der Waals surface area contributed by atoms with Gasteiger partial charge in [0, 0.05) is 13.0 Å². The molecule has 0 aliphatic carbocycles. The largest absolute Gasteiger partial charge is 0.416 e. The van der Waals surface area contributed by atoms with E-state index in [0.717, 1.165) is 6.07 Å². The van der Waals surface area contributed by atoms with Crippen molar-refractivity contribution in [1.82, 2.24) is 10.2 Å². The summed E-state index contributed by atoms with van der Waals surface area (Å²) in [6, 6.07) is 4.20. The van der Waals surface area contributed by atoms with E-state index < -0.39 is 23.8 Å². The van der Waals surface area contributed by atoms with Gasteiger partial charge in [0.2, 0.25) is 11.8 Å². The number of rotatable bonds is 2. The molecule has 2 heterocycles. The Kier molecular flexibility index (Phi) is 4.04. The fourth-order valence-corrected chi connectivity index (χ4v) is 3.40. The van der Waals surface area contributed by atoms with Gasteiger partial charge < -0.3 is 10.2 Å². The first-order chi connectivity index (χ1) is 10.9. The van der Waals surface area contributed by atoms with Crippen LogP contribution in [0.3, 0.4) is 0 Å².